The molecule has 2 N–H and O–H groups in total. The Bertz CT molecular complexity index is 512. The zero-order chi connectivity index (χ0) is 16.0. The van der Waals surface area contributed by atoms with Crippen molar-refractivity contribution in [2.24, 2.45) is 0 Å². The molecule has 0 rings (SSSR count). The van der Waals surface area contributed by atoms with Gasteiger partial charge in [-0.3, -0.25) is 4.79 Å². The van der Waals surface area contributed by atoms with Crippen molar-refractivity contribution in [3.63, 3.8) is 0 Å². The second kappa shape index (κ2) is 7.91. The third kappa shape index (κ3) is 7.17. The van der Waals surface area contributed by atoms with Crippen LogP contribution in [-0.2, 0) is 24.8 Å². The van der Waals surface area contributed by atoms with Crippen molar-refractivity contribution in [1.82, 2.24) is 9.03 Å². The number of sulfonamides is 2. The lowest BCUT2D eigenvalue weighted by molar-refractivity contribution is -0.139. The Hall–Kier alpha value is -0.710. The van der Waals surface area contributed by atoms with Gasteiger partial charge in [0.2, 0.25) is 20.0 Å². The van der Waals surface area contributed by atoms with Gasteiger partial charge in [-0.1, -0.05) is 13.3 Å². The maximum Gasteiger partial charge on any atom is 0.321 e. The van der Waals surface area contributed by atoms with Gasteiger partial charge in [0, 0.05) is 14.1 Å². The third-order valence-corrected chi connectivity index (χ3v) is 5.96. The van der Waals surface area contributed by atoms with E-state index in [1.807, 2.05) is 0 Å². The van der Waals surface area contributed by atoms with Crippen molar-refractivity contribution in [1.29, 1.82) is 0 Å². The zero-order valence-electron chi connectivity index (χ0n) is 11.9. The normalized spacial score (nSPS) is 14.4. The molecule has 0 aromatic rings. The first-order valence-electron chi connectivity index (χ1n) is 6.15. The second-order valence-electron chi connectivity index (χ2n) is 4.57. The molecule has 0 radical (unpaired) electrons. The summed E-state index contributed by atoms with van der Waals surface area (Å²) in [6, 6.07) is -1.17. The smallest absolute Gasteiger partial charge is 0.321 e. The molecule has 0 heterocycles. The fraction of sp³-hybridized carbons (Fsp3) is 0.900. The molecule has 0 spiro atoms. The summed E-state index contributed by atoms with van der Waals surface area (Å²) in [5, 5.41) is 8.87. The highest BCUT2D eigenvalue weighted by Crippen LogP contribution is 2.03. The summed E-state index contributed by atoms with van der Waals surface area (Å²) >= 11 is 0. The van der Waals surface area contributed by atoms with Crippen LogP contribution in [-0.4, -0.2) is 63.9 Å². The summed E-state index contributed by atoms with van der Waals surface area (Å²) in [4.78, 5) is 10.9. The van der Waals surface area contributed by atoms with E-state index >= 15 is 0 Å². The first-order valence-corrected chi connectivity index (χ1v) is 9.41. The summed E-state index contributed by atoms with van der Waals surface area (Å²) in [5.41, 5.74) is 0. The summed E-state index contributed by atoms with van der Waals surface area (Å²) in [6.45, 7) is 1.74. The number of carboxylic acids is 1. The summed E-state index contributed by atoms with van der Waals surface area (Å²) in [5.74, 6) is -1.96. The minimum atomic E-state index is -3.81. The van der Waals surface area contributed by atoms with Crippen LogP contribution in [0.25, 0.3) is 0 Å². The Morgan fingerprint density at radius 1 is 1.20 bits per heavy atom. The highest BCUT2D eigenvalue weighted by Gasteiger charge is 2.23. The van der Waals surface area contributed by atoms with Crippen LogP contribution in [0.2, 0.25) is 0 Å². The molecule has 1 unspecified atom stereocenters. The number of aliphatic carboxylic acids is 1. The number of carboxylic acid groups (broad SMARTS) is 1. The van der Waals surface area contributed by atoms with E-state index in [2.05, 4.69) is 4.72 Å². The van der Waals surface area contributed by atoms with Gasteiger partial charge in [-0.25, -0.2) is 25.9 Å². The van der Waals surface area contributed by atoms with E-state index in [0.717, 1.165) is 4.31 Å². The van der Waals surface area contributed by atoms with Crippen molar-refractivity contribution in [3.05, 3.63) is 0 Å². The topological polar surface area (TPSA) is 121 Å². The molecule has 0 aliphatic rings. The van der Waals surface area contributed by atoms with Crippen molar-refractivity contribution in [3.8, 4) is 0 Å². The Kier molecular flexibility index (Phi) is 7.63. The lowest BCUT2D eigenvalue weighted by Gasteiger charge is -2.14. The fourth-order valence-corrected chi connectivity index (χ4v) is 3.76. The largest absolute Gasteiger partial charge is 0.480 e. The number of carbonyl (C=O) groups is 1. The van der Waals surface area contributed by atoms with Crippen LogP contribution in [0.1, 0.15) is 26.2 Å². The average Bonchev–Trinajstić information content (AvgIpc) is 2.27. The van der Waals surface area contributed by atoms with E-state index in [0.29, 0.717) is 6.42 Å². The SMILES string of the molecule is CCCC(NS(=O)(=O)CCCS(=O)(=O)N(C)C)C(=O)O. The van der Waals surface area contributed by atoms with Gasteiger partial charge >= 0.3 is 5.97 Å². The zero-order valence-corrected chi connectivity index (χ0v) is 13.5. The van der Waals surface area contributed by atoms with Crippen LogP contribution in [0.5, 0.6) is 0 Å². The van der Waals surface area contributed by atoms with Crippen LogP contribution in [0.15, 0.2) is 0 Å². The molecule has 120 valence electrons. The van der Waals surface area contributed by atoms with E-state index in [9.17, 15) is 21.6 Å². The third-order valence-electron chi connectivity index (χ3n) is 2.57. The van der Waals surface area contributed by atoms with Crippen LogP contribution in [0.3, 0.4) is 0 Å². The minimum Gasteiger partial charge on any atom is -0.480 e. The van der Waals surface area contributed by atoms with E-state index < -0.39 is 37.8 Å². The van der Waals surface area contributed by atoms with Gasteiger partial charge in [-0.15, -0.1) is 0 Å². The predicted molar refractivity (Wildman–Crippen MR) is 75.3 cm³/mol. The number of nitrogens with one attached hydrogen (secondary N) is 1. The quantitative estimate of drug-likeness (QED) is 0.554. The summed E-state index contributed by atoms with van der Waals surface area (Å²) in [6.07, 6.45) is 0.618. The molecule has 10 heteroatoms. The molecule has 0 amide bonds. The average molecular weight is 330 g/mol. The highest BCUT2D eigenvalue weighted by molar-refractivity contribution is 7.90. The van der Waals surface area contributed by atoms with Gasteiger partial charge in [0.1, 0.15) is 6.04 Å². The van der Waals surface area contributed by atoms with Crippen molar-refractivity contribution in [2.45, 2.75) is 32.2 Å². The molecule has 0 saturated carbocycles. The number of hydrogen-bond acceptors (Lipinski definition) is 5. The monoisotopic (exact) mass is 330 g/mol. The molecule has 0 fully saturated rings. The Balaban J connectivity index is 4.50. The van der Waals surface area contributed by atoms with Crippen LogP contribution in [0, 0.1) is 0 Å². The lowest BCUT2D eigenvalue weighted by Crippen LogP contribution is -2.42. The van der Waals surface area contributed by atoms with Gasteiger partial charge in [-0.2, -0.15) is 0 Å². The molecular formula is C10H22N2O6S2. The standard InChI is InChI=1S/C10H22N2O6S2/c1-4-6-9(10(13)14)11-19(15,16)7-5-8-20(17,18)12(2)3/h9,11H,4-8H2,1-3H3,(H,13,14). The molecule has 20 heavy (non-hydrogen) atoms. The van der Waals surface area contributed by atoms with Gasteiger partial charge in [0.15, 0.2) is 0 Å². The van der Waals surface area contributed by atoms with Crippen LogP contribution < -0.4 is 4.72 Å². The lowest BCUT2D eigenvalue weighted by atomic mass is 10.2. The highest BCUT2D eigenvalue weighted by atomic mass is 32.2. The summed E-state index contributed by atoms with van der Waals surface area (Å²) < 4.78 is 49.4. The molecule has 0 aromatic heterocycles. The Morgan fingerprint density at radius 3 is 2.15 bits per heavy atom. The van der Waals surface area contributed by atoms with Gasteiger partial charge in [0.25, 0.3) is 0 Å². The van der Waals surface area contributed by atoms with Crippen molar-refractivity contribution < 1.29 is 26.7 Å². The predicted octanol–water partition coefficient (Wildman–Crippen LogP) is -0.559. The molecule has 8 nitrogen and oxygen atoms in total. The van der Waals surface area contributed by atoms with Gasteiger partial charge in [0.05, 0.1) is 11.5 Å². The van der Waals surface area contributed by atoms with E-state index in [1.165, 1.54) is 14.1 Å². The number of hydrogen-bond donors (Lipinski definition) is 2. The Morgan fingerprint density at radius 2 is 1.75 bits per heavy atom. The number of rotatable bonds is 10. The first kappa shape index (κ1) is 19.3. The van der Waals surface area contributed by atoms with Crippen molar-refractivity contribution >= 4 is 26.0 Å². The van der Waals surface area contributed by atoms with E-state index in [-0.39, 0.29) is 18.6 Å². The fourth-order valence-electron chi connectivity index (χ4n) is 1.41. The maximum absolute atomic E-state index is 11.7. The van der Waals surface area contributed by atoms with Crippen LogP contribution >= 0.6 is 0 Å². The van der Waals surface area contributed by atoms with Crippen molar-refractivity contribution in [2.75, 3.05) is 25.6 Å². The van der Waals surface area contributed by atoms with E-state index in [4.69, 9.17) is 5.11 Å². The minimum absolute atomic E-state index is 0.0890. The second-order valence-corrected chi connectivity index (χ2v) is 8.74. The van der Waals surface area contributed by atoms with Gasteiger partial charge in [-0.05, 0) is 12.8 Å². The molecule has 0 aliphatic heterocycles. The number of nitrogens with zero attached hydrogens (tertiary/aromatic N) is 1. The molecule has 0 saturated heterocycles. The molecule has 0 aliphatic carbocycles. The first-order chi connectivity index (χ1) is 9.02. The van der Waals surface area contributed by atoms with E-state index in [1.54, 1.807) is 6.92 Å². The maximum atomic E-state index is 11.7. The molecule has 0 aromatic carbocycles. The van der Waals surface area contributed by atoms with Crippen LogP contribution in [0.4, 0.5) is 0 Å². The summed E-state index contributed by atoms with van der Waals surface area (Å²) in [7, 11) is -4.53. The molecule has 1 atom stereocenters. The van der Waals surface area contributed by atoms with Gasteiger partial charge < -0.3 is 5.11 Å². The molecule has 0 bridgehead atoms. The Labute approximate surface area is 120 Å². The molecular weight excluding hydrogens is 308 g/mol.